The molecule has 16 heavy (non-hydrogen) atoms. The van der Waals surface area contributed by atoms with Crippen LogP contribution < -0.4 is 0 Å². The van der Waals surface area contributed by atoms with Gasteiger partial charge < -0.3 is 4.90 Å². The predicted molar refractivity (Wildman–Crippen MR) is 65.9 cm³/mol. The minimum absolute atomic E-state index is 0.716. The minimum Gasteiger partial charge on any atom is -0.377 e. The van der Waals surface area contributed by atoms with Crippen molar-refractivity contribution in [2.24, 2.45) is 10.2 Å². The van der Waals surface area contributed by atoms with Crippen molar-refractivity contribution in [2.45, 2.75) is 12.8 Å². The van der Waals surface area contributed by atoms with Crippen molar-refractivity contribution in [1.29, 1.82) is 0 Å². The number of hydrogen-bond acceptors (Lipinski definition) is 3. The van der Waals surface area contributed by atoms with Crippen LogP contribution in [0.4, 0.5) is 5.69 Å². The van der Waals surface area contributed by atoms with Crippen LogP contribution in [0.15, 0.2) is 46.4 Å². The number of allylic oxidation sites excluding steroid dienone is 1. The Hall–Kier alpha value is -1.35. The van der Waals surface area contributed by atoms with Crippen molar-refractivity contribution >= 4 is 17.3 Å². The Morgan fingerprint density at radius 2 is 2.06 bits per heavy atom. The van der Waals surface area contributed by atoms with Crippen LogP contribution in [0, 0.1) is 0 Å². The van der Waals surface area contributed by atoms with E-state index in [2.05, 4.69) is 22.2 Å². The first-order valence-electron chi connectivity index (χ1n) is 5.32. The summed E-state index contributed by atoms with van der Waals surface area (Å²) in [6.07, 6.45) is 4.14. The van der Waals surface area contributed by atoms with E-state index in [1.54, 1.807) is 0 Å². The van der Waals surface area contributed by atoms with Crippen LogP contribution in [-0.2, 0) is 0 Å². The molecule has 1 heterocycles. The maximum absolute atomic E-state index is 5.78. The summed E-state index contributed by atoms with van der Waals surface area (Å²) in [6, 6.07) is 7.32. The Morgan fingerprint density at radius 3 is 2.69 bits per heavy atom. The number of rotatable bonds is 2. The first-order chi connectivity index (χ1) is 7.75. The molecule has 1 aliphatic heterocycles. The normalized spacial score (nSPS) is 18.9. The van der Waals surface area contributed by atoms with Gasteiger partial charge in [-0.25, -0.2) is 0 Å². The molecule has 1 aliphatic rings. The van der Waals surface area contributed by atoms with E-state index in [0.29, 0.717) is 5.02 Å². The highest BCUT2D eigenvalue weighted by Gasteiger charge is 2.11. The molecule has 1 aromatic carbocycles. The number of nitrogens with zero attached hydrogens (tertiary/aromatic N) is 3. The highest BCUT2D eigenvalue weighted by molar-refractivity contribution is 6.30. The molecule has 0 saturated carbocycles. The highest BCUT2D eigenvalue weighted by Crippen LogP contribution is 2.20. The van der Waals surface area contributed by atoms with Gasteiger partial charge in [-0.1, -0.05) is 11.6 Å². The molecule has 0 atom stereocenters. The zero-order valence-electron chi connectivity index (χ0n) is 9.23. The maximum Gasteiger partial charge on any atom is 0.0857 e. The van der Waals surface area contributed by atoms with Crippen molar-refractivity contribution in [2.75, 3.05) is 13.6 Å². The summed E-state index contributed by atoms with van der Waals surface area (Å²) in [5, 5.41) is 8.91. The Balaban J connectivity index is 2.01. The fraction of sp³-hybridized carbons (Fsp3) is 0.333. The molecule has 4 heteroatoms. The summed E-state index contributed by atoms with van der Waals surface area (Å²) >= 11 is 5.78. The van der Waals surface area contributed by atoms with Crippen LogP contribution in [0.25, 0.3) is 0 Å². The highest BCUT2D eigenvalue weighted by atomic mass is 35.5. The summed E-state index contributed by atoms with van der Waals surface area (Å²) in [4.78, 5) is 2.21. The molecule has 0 aromatic heterocycles. The van der Waals surface area contributed by atoms with E-state index >= 15 is 0 Å². The van der Waals surface area contributed by atoms with Gasteiger partial charge in [-0.3, -0.25) is 0 Å². The lowest BCUT2D eigenvalue weighted by molar-refractivity contribution is 0.479. The lowest BCUT2D eigenvalue weighted by Gasteiger charge is -2.10. The average molecular weight is 236 g/mol. The average Bonchev–Trinajstić information content (AvgIpc) is 2.68. The third-order valence-corrected chi connectivity index (χ3v) is 2.88. The van der Waals surface area contributed by atoms with Crippen LogP contribution in [0.1, 0.15) is 12.8 Å². The fourth-order valence-corrected chi connectivity index (χ4v) is 1.79. The molecule has 0 aliphatic carbocycles. The Morgan fingerprint density at radius 1 is 1.31 bits per heavy atom. The van der Waals surface area contributed by atoms with Crippen molar-refractivity contribution in [3.8, 4) is 0 Å². The van der Waals surface area contributed by atoms with Gasteiger partial charge in [0.2, 0.25) is 0 Å². The van der Waals surface area contributed by atoms with Crippen molar-refractivity contribution < 1.29 is 0 Å². The van der Waals surface area contributed by atoms with Gasteiger partial charge in [0.1, 0.15) is 0 Å². The number of hydrogen-bond donors (Lipinski definition) is 0. The lowest BCUT2D eigenvalue weighted by atomic mass is 10.3. The Labute approximate surface area is 100 Å². The van der Waals surface area contributed by atoms with E-state index in [9.17, 15) is 0 Å². The molecular weight excluding hydrogens is 222 g/mol. The molecule has 0 amide bonds. The minimum atomic E-state index is 0.716. The molecule has 0 spiro atoms. The number of benzene rings is 1. The Bertz CT molecular complexity index is 409. The lowest BCUT2D eigenvalue weighted by Crippen LogP contribution is -2.09. The SMILES string of the molecule is CN1CCC/C1=C/N=Nc1ccc(Cl)cc1. The third kappa shape index (κ3) is 2.83. The molecule has 2 rings (SSSR count). The van der Waals surface area contributed by atoms with Gasteiger partial charge in [-0.05, 0) is 37.1 Å². The summed E-state index contributed by atoms with van der Waals surface area (Å²) < 4.78 is 0. The number of likely N-dealkylation sites (tertiary alicyclic amines) is 1. The van der Waals surface area contributed by atoms with Gasteiger partial charge in [-0.2, -0.15) is 10.2 Å². The van der Waals surface area contributed by atoms with Crippen LogP contribution in [0.3, 0.4) is 0 Å². The van der Waals surface area contributed by atoms with Crippen molar-refractivity contribution in [3.63, 3.8) is 0 Å². The van der Waals surface area contributed by atoms with Crippen LogP contribution in [0.5, 0.6) is 0 Å². The van der Waals surface area contributed by atoms with Gasteiger partial charge in [0.25, 0.3) is 0 Å². The van der Waals surface area contributed by atoms with Gasteiger partial charge in [0.15, 0.2) is 0 Å². The van der Waals surface area contributed by atoms with Gasteiger partial charge in [0.05, 0.1) is 11.9 Å². The van der Waals surface area contributed by atoms with E-state index in [0.717, 1.165) is 18.7 Å². The maximum atomic E-state index is 5.78. The topological polar surface area (TPSA) is 28.0 Å². The van der Waals surface area contributed by atoms with Crippen LogP contribution in [-0.4, -0.2) is 18.5 Å². The molecule has 0 bridgehead atoms. The first-order valence-corrected chi connectivity index (χ1v) is 5.70. The predicted octanol–water partition coefficient (Wildman–Crippen LogP) is 3.99. The van der Waals surface area contributed by atoms with E-state index in [-0.39, 0.29) is 0 Å². The van der Waals surface area contributed by atoms with Gasteiger partial charge in [-0.15, -0.1) is 0 Å². The van der Waals surface area contributed by atoms with Crippen molar-refractivity contribution in [3.05, 3.63) is 41.2 Å². The van der Waals surface area contributed by atoms with Gasteiger partial charge >= 0.3 is 0 Å². The van der Waals surface area contributed by atoms with E-state index < -0.39 is 0 Å². The second kappa shape index (κ2) is 5.12. The third-order valence-electron chi connectivity index (χ3n) is 2.62. The number of azo groups is 1. The van der Waals surface area contributed by atoms with Crippen LogP contribution in [0.2, 0.25) is 5.02 Å². The summed E-state index contributed by atoms with van der Waals surface area (Å²) in [5.41, 5.74) is 2.07. The Kier molecular flexibility index (Phi) is 3.57. The van der Waals surface area contributed by atoms with Crippen molar-refractivity contribution in [1.82, 2.24) is 4.90 Å². The largest absolute Gasteiger partial charge is 0.377 e. The molecule has 0 unspecified atom stereocenters. The molecule has 84 valence electrons. The molecular formula is C12H14ClN3. The molecule has 0 radical (unpaired) electrons. The zero-order chi connectivity index (χ0) is 11.4. The second-order valence-corrected chi connectivity index (χ2v) is 4.27. The zero-order valence-corrected chi connectivity index (χ0v) is 9.98. The fourth-order valence-electron chi connectivity index (χ4n) is 1.66. The standard InChI is InChI=1S/C12H14ClN3/c1-16-8-2-3-12(16)9-14-15-11-6-4-10(13)5-7-11/h4-7,9H,2-3,8H2,1H3/b12-9-,15-14?. The number of halogens is 1. The molecule has 1 saturated heterocycles. The van der Waals surface area contributed by atoms with Gasteiger partial charge in [0, 0.05) is 24.3 Å². The van der Waals surface area contributed by atoms with Crippen LogP contribution >= 0.6 is 11.6 Å². The quantitative estimate of drug-likeness (QED) is 0.713. The summed E-state index contributed by atoms with van der Waals surface area (Å²) in [7, 11) is 2.08. The van der Waals surface area contributed by atoms with E-state index in [4.69, 9.17) is 11.6 Å². The first kappa shape index (κ1) is 11.1. The molecule has 3 nitrogen and oxygen atoms in total. The molecule has 1 fully saturated rings. The summed E-state index contributed by atoms with van der Waals surface area (Å²) in [6.45, 7) is 1.11. The second-order valence-electron chi connectivity index (χ2n) is 3.84. The summed E-state index contributed by atoms with van der Waals surface area (Å²) in [5.74, 6) is 0. The van der Waals surface area contributed by atoms with E-state index in [1.807, 2.05) is 30.5 Å². The molecule has 0 N–H and O–H groups in total. The smallest absolute Gasteiger partial charge is 0.0857 e. The van der Waals surface area contributed by atoms with E-state index in [1.165, 1.54) is 12.1 Å². The molecule has 1 aromatic rings. The monoisotopic (exact) mass is 235 g/mol.